The van der Waals surface area contributed by atoms with Crippen LogP contribution in [0.5, 0.6) is 0 Å². The quantitative estimate of drug-likeness (QED) is 0.870. The maximum Gasteiger partial charge on any atom is 0.416 e. The molecule has 0 fully saturated rings. The summed E-state index contributed by atoms with van der Waals surface area (Å²) >= 11 is 0. The van der Waals surface area contributed by atoms with Crippen molar-refractivity contribution in [1.29, 1.82) is 0 Å². The molecule has 3 nitrogen and oxygen atoms in total. The normalized spacial score (nSPS) is 13.2. The molecule has 6 heteroatoms. The average molecular weight is 260 g/mol. The lowest BCUT2D eigenvalue weighted by Gasteiger charge is -2.15. The number of halogens is 3. The van der Waals surface area contributed by atoms with Crippen LogP contribution in [0.25, 0.3) is 0 Å². The van der Waals surface area contributed by atoms with Crippen molar-refractivity contribution in [3.63, 3.8) is 0 Å². The lowest BCUT2D eigenvalue weighted by molar-refractivity contribution is -0.137. The molecule has 0 saturated heterocycles. The van der Waals surface area contributed by atoms with E-state index in [1.165, 1.54) is 13.1 Å². The first-order chi connectivity index (χ1) is 8.34. The van der Waals surface area contributed by atoms with Crippen molar-refractivity contribution in [3.8, 4) is 0 Å². The first kappa shape index (κ1) is 14.5. The topological polar surface area (TPSA) is 41.1 Å². The summed E-state index contributed by atoms with van der Waals surface area (Å²) in [5, 5.41) is 5.27. The SMILES string of the molecule is CNC(=O)CNC(C)c1cccc(C(F)(F)F)c1. The number of benzene rings is 1. The number of likely N-dealkylation sites (N-methyl/N-ethyl adjacent to an activating group) is 1. The fraction of sp³-hybridized carbons (Fsp3) is 0.417. The lowest BCUT2D eigenvalue weighted by Crippen LogP contribution is -2.32. The van der Waals surface area contributed by atoms with Crippen molar-refractivity contribution in [3.05, 3.63) is 35.4 Å². The highest BCUT2D eigenvalue weighted by molar-refractivity contribution is 5.77. The number of rotatable bonds is 4. The Morgan fingerprint density at radius 2 is 2.06 bits per heavy atom. The van der Waals surface area contributed by atoms with Crippen LogP contribution in [0.4, 0.5) is 13.2 Å². The minimum atomic E-state index is -4.35. The van der Waals surface area contributed by atoms with Gasteiger partial charge < -0.3 is 10.6 Å². The molecule has 0 spiro atoms. The smallest absolute Gasteiger partial charge is 0.358 e. The maximum absolute atomic E-state index is 12.5. The molecule has 0 aromatic heterocycles. The standard InChI is InChI=1S/C12H15F3N2O/c1-8(17-7-11(18)16-2)9-4-3-5-10(6-9)12(13,14)15/h3-6,8,17H,7H2,1-2H3,(H,16,18). The summed E-state index contributed by atoms with van der Waals surface area (Å²) in [5.74, 6) is -0.214. The van der Waals surface area contributed by atoms with Gasteiger partial charge in [0, 0.05) is 13.1 Å². The van der Waals surface area contributed by atoms with Gasteiger partial charge in [0.05, 0.1) is 12.1 Å². The van der Waals surface area contributed by atoms with E-state index in [2.05, 4.69) is 10.6 Å². The monoisotopic (exact) mass is 260 g/mol. The highest BCUT2D eigenvalue weighted by Crippen LogP contribution is 2.30. The molecule has 1 rings (SSSR count). The van der Waals surface area contributed by atoms with Crippen LogP contribution in [0, 0.1) is 0 Å². The zero-order chi connectivity index (χ0) is 13.8. The molecule has 0 aliphatic carbocycles. The van der Waals surface area contributed by atoms with Gasteiger partial charge in [0.25, 0.3) is 0 Å². The van der Waals surface area contributed by atoms with E-state index in [0.29, 0.717) is 5.56 Å². The molecule has 1 unspecified atom stereocenters. The second-order valence-electron chi connectivity index (χ2n) is 3.90. The van der Waals surface area contributed by atoms with Crippen LogP contribution in [0.15, 0.2) is 24.3 Å². The molecular formula is C12H15F3N2O. The third-order valence-electron chi connectivity index (χ3n) is 2.56. The third-order valence-corrected chi connectivity index (χ3v) is 2.56. The van der Waals surface area contributed by atoms with Gasteiger partial charge in [-0.3, -0.25) is 4.79 Å². The summed E-state index contributed by atoms with van der Waals surface area (Å²) in [6, 6.07) is 4.73. The fourth-order valence-corrected chi connectivity index (χ4v) is 1.44. The van der Waals surface area contributed by atoms with Crippen LogP contribution in [0.3, 0.4) is 0 Å². The Morgan fingerprint density at radius 1 is 1.39 bits per heavy atom. The van der Waals surface area contributed by atoms with E-state index in [1.54, 1.807) is 13.0 Å². The second-order valence-corrected chi connectivity index (χ2v) is 3.90. The summed E-state index contributed by atoms with van der Waals surface area (Å²) in [5.41, 5.74) is -0.192. The number of hydrogen-bond acceptors (Lipinski definition) is 2. The molecule has 1 aromatic carbocycles. The molecule has 0 aliphatic rings. The molecule has 0 aliphatic heterocycles. The average Bonchev–Trinajstić information content (AvgIpc) is 2.34. The van der Waals surface area contributed by atoms with Gasteiger partial charge in [-0.1, -0.05) is 12.1 Å². The van der Waals surface area contributed by atoms with E-state index in [9.17, 15) is 18.0 Å². The van der Waals surface area contributed by atoms with Crippen molar-refractivity contribution in [2.75, 3.05) is 13.6 Å². The van der Waals surface area contributed by atoms with Gasteiger partial charge in [0.2, 0.25) is 5.91 Å². The zero-order valence-corrected chi connectivity index (χ0v) is 10.1. The zero-order valence-electron chi connectivity index (χ0n) is 10.1. The van der Waals surface area contributed by atoms with Gasteiger partial charge in [0.15, 0.2) is 0 Å². The Morgan fingerprint density at radius 3 is 2.61 bits per heavy atom. The first-order valence-corrected chi connectivity index (χ1v) is 5.45. The Bertz CT molecular complexity index is 418. The van der Waals surface area contributed by atoms with Gasteiger partial charge in [-0.15, -0.1) is 0 Å². The van der Waals surface area contributed by atoms with E-state index in [-0.39, 0.29) is 18.5 Å². The largest absolute Gasteiger partial charge is 0.416 e. The molecule has 0 saturated carbocycles. The highest BCUT2D eigenvalue weighted by Gasteiger charge is 2.30. The van der Waals surface area contributed by atoms with Crippen molar-refractivity contribution in [1.82, 2.24) is 10.6 Å². The number of nitrogens with one attached hydrogen (secondary N) is 2. The Balaban J connectivity index is 2.74. The van der Waals surface area contributed by atoms with Crippen molar-refractivity contribution in [2.45, 2.75) is 19.1 Å². The van der Waals surface area contributed by atoms with Gasteiger partial charge >= 0.3 is 6.18 Å². The highest BCUT2D eigenvalue weighted by atomic mass is 19.4. The minimum Gasteiger partial charge on any atom is -0.358 e. The lowest BCUT2D eigenvalue weighted by atomic mass is 10.0. The van der Waals surface area contributed by atoms with Gasteiger partial charge in [-0.2, -0.15) is 13.2 Å². The number of hydrogen-bond donors (Lipinski definition) is 2. The summed E-state index contributed by atoms with van der Waals surface area (Å²) in [6.45, 7) is 1.77. The van der Waals surface area contributed by atoms with Crippen LogP contribution < -0.4 is 10.6 Å². The predicted octanol–water partition coefficient (Wildman–Crippen LogP) is 2.10. The van der Waals surface area contributed by atoms with E-state index in [0.717, 1.165) is 12.1 Å². The fourth-order valence-electron chi connectivity index (χ4n) is 1.44. The van der Waals surface area contributed by atoms with Crippen LogP contribution in [-0.4, -0.2) is 19.5 Å². The molecule has 1 atom stereocenters. The van der Waals surface area contributed by atoms with Crippen molar-refractivity contribution >= 4 is 5.91 Å². The summed E-state index contributed by atoms with van der Waals surface area (Å²) in [6.07, 6.45) is -4.35. The molecule has 1 aromatic rings. The maximum atomic E-state index is 12.5. The molecule has 18 heavy (non-hydrogen) atoms. The molecule has 0 heterocycles. The second kappa shape index (κ2) is 5.86. The number of amides is 1. The summed E-state index contributed by atoms with van der Waals surface area (Å²) < 4.78 is 37.5. The van der Waals surface area contributed by atoms with E-state index >= 15 is 0 Å². The number of carbonyl (C=O) groups excluding carboxylic acids is 1. The summed E-state index contributed by atoms with van der Waals surface area (Å²) in [7, 11) is 1.50. The molecule has 1 amide bonds. The van der Waals surface area contributed by atoms with Gasteiger partial charge in [-0.25, -0.2) is 0 Å². The van der Waals surface area contributed by atoms with Crippen LogP contribution in [0.1, 0.15) is 24.1 Å². The van der Waals surface area contributed by atoms with E-state index in [1.807, 2.05) is 0 Å². The Labute approximate surface area is 103 Å². The van der Waals surface area contributed by atoms with Crippen molar-refractivity contribution in [2.24, 2.45) is 0 Å². The summed E-state index contributed by atoms with van der Waals surface area (Å²) in [4.78, 5) is 11.0. The van der Waals surface area contributed by atoms with Crippen molar-refractivity contribution < 1.29 is 18.0 Å². The van der Waals surface area contributed by atoms with Gasteiger partial charge in [-0.05, 0) is 24.6 Å². The third kappa shape index (κ3) is 4.03. The molecule has 0 bridgehead atoms. The predicted molar refractivity (Wildman–Crippen MR) is 61.9 cm³/mol. The number of alkyl halides is 3. The molecule has 2 N–H and O–H groups in total. The Kier molecular flexibility index (Phi) is 4.72. The molecule has 100 valence electrons. The van der Waals surface area contributed by atoms with Crippen LogP contribution in [-0.2, 0) is 11.0 Å². The molecular weight excluding hydrogens is 245 g/mol. The van der Waals surface area contributed by atoms with Crippen LogP contribution in [0.2, 0.25) is 0 Å². The van der Waals surface area contributed by atoms with E-state index < -0.39 is 11.7 Å². The first-order valence-electron chi connectivity index (χ1n) is 5.45. The van der Waals surface area contributed by atoms with Gasteiger partial charge in [0.1, 0.15) is 0 Å². The van der Waals surface area contributed by atoms with E-state index in [4.69, 9.17) is 0 Å². The minimum absolute atomic E-state index is 0.0634. The Hall–Kier alpha value is -1.56. The van der Waals surface area contributed by atoms with Crippen LogP contribution >= 0.6 is 0 Å². The molecule has 0 radical (unpaired) electrons. The number of carbonyl (C=O) groups is 1.